The number of rotatable bonds is 3. The lowest BCUT2D eigenvalue weighted by molar-refractivity contribution is -0.137. The van der Waals surface area contributed by atoms with Crippen molar-refractivity contribution in [1.29, 1.82) is 0 Å². The van der Waals surface area contributed by atoms with E-state index in [1.54, 1.807) is 12.1 Å². The average Bonchev–Trinajstić information content (AvgIpc) is 2.47. The van der Waals surface area contributed by atoms with Crippen molar-refractivity contribution in [2.24, 2.45) is 0 Å². The van der Waals surface area contributed by atoms with Gasteiger partial charge in [0, 0.05) is 0 Å². The standard InChI is InChI=1S/C18H17FO2/c19-16-8-6-12(7-9-16)14-5-4-13-2-1-3-15(11-18(20)21)17(13)10-14/h4-10,15H,1-3,11H2,(H,20,21). The van der Waals surface area contributed by atoms with Crippen LogP contribution < -0.4 is 0 Å². The Morgan fingerprint density at radius 2 is 1.86 bits per heavy atom. The summed E-state index contributed by atoms with van der Waals surface area (Å²) in [4.78, 5) is 11.0. The number of carboxylic acid groups (broad SMARTS) is 1. The summed E-state index contributed by atoms with van der Waals surface area (Å²) in [5.41, 5.74) is 4.37. The molecule has 21 heavy (non-hydrogen) atoms. The lowest BCUT2D eigenvalue weighted by Crippen LogP contribution is -2.13. The number of aliphatic carboxylic acids is 1. The Balaban J connectivity index is 1.98. The zero-order valence-electron chi connectivity index (χ0n) is 11.7. The topological polar surface area (TPSA) is 37.3 Å². The van der Waals surface area contributed by atoms with Gasteiger partial charge in [-0.3, -0.25) is 4.79 Å². The molecule has 1 aliphatic carbocycles. The fourth-order valence-electron chi connectivity index (χ4n) is 3.14. The van der Waals surface area contributed by atoms with E-state index in [-0.39, 0.29) is 18.2 Å². The molecule has 0 fully saturated rings. The molecule has 2 aromatic rings. The Hall–Kier alpha value is -2.16. The minimum atomic E-state index is -0.750. The van der Waals surface area contributed by atoms with Crippen molar-refractivity contribution in [3.8, 4) is 11.1 Å². The van der Waals surface area contributed by atoms with Crippen molar-refractivity contribution in [3.05, 3.63) is 59.4 Å². The minimum Gasteiger partial charge on any atom is -0.481 e. The maximum atomic E-state index is 13.0. The number of aryl methyl sites for hydroxylation is 1. The zero-order valence-corrected chi connectivity index (χ0v) is 11.7. The first-order chi connectivity index (χ1) is 10.1. The summed E-state index contributed by atoms with van der Waals surface area (Å²) in [7, 11) is 0. The molecule has 0 aromatic heterocycles. The van der Waals surface area contributed by atoms with Crippen LogP contribution in [0.3, 0.4) is 0 Å². The van der Waals surface area contributed by atoms with Gasteiger partial charge in [-0.2, -0.15) is 0 Å². The van der Waals surface area contributed by atoms with Crippen LogP contribution in [-0.4, -0.2) is 11.1 Å². The molecule has 0 aliphatic heterocycles. The van der Waals surface area contributed by atoms with Gasteiger partial charge in [-0.15, -0.1) is 0 Å². The summed E-state index contributed by atoms with van der Waals surface area (Å²) in [6, 6.07) is 12.6. The lowest BCUT2D eigenvalue weighted by Gasteiger charge is -2.25. The van der Waals surface area contributed by atoms with Crippen LogP contribution in [0.5, 0.6) is 0 Å². The molecule has 1 N–H and O–H groups in total. The van der Waals surface area contributed by atoms with E-state index in [0.29, 0.717) is 0 Å². The Morgan fingerprint density at radius 1 is 1.14 bits per heavy atom. The number of hydrogen-bond donors (Lipinski definition) is 1. The highest BCUT2D eigenvalue weighted by molar-refractivity contribution is 5.69. The second kappa shape index (κ2) is 5.68. The molecule has 0 saturated heterocycles. The van der Waals surface area contributed by atoms with Crippen LogP contribution in [0.15, 0.2) is 42.5 Å². The average molecular weight is 284 g/mol. The molecular formula is C18H17FO2. The van der Waals surface area contributed by atoms with Crippen LogP contribution >= 0.6 is 0 Å². The first kappa shape index (κ1) is 13.8. The Kier molecular flexibility index (Phi) is 3.74. The normalized spacial score (nSPS) is 17.3. The minimum absolute atomic E-state index is 0.0895. The maximum absolute atomic E-state index is 13.0. The smallest absolute Gasteiger partial charge is 0.303 e. The van der Waals surface area contributed by atoms with Crippen LogP contribution in [-0.2, 0) is 11.2 Å². The highest BCUT2D eigenvalue weighted by atomic mass is 19.1. The molecule has 0 bridgehead atoms. The summed E-state index contributed by atoms with van der Waals surface area (Å²) in [6.07, 6.45) is 3.15. The predicted octanol–water partition coefficient (Wildman–Crippen LogP) is 4.39. The van der Waals surface area contributed by atoms with Gasteiger partial charge in [0.25, 0.3) is 0 Å². The second-order valence-electron chi connectivity index (χ2n) is 5.61. The van der Waals surface area contributed by atoms with Gasteiger partial charge in [0.05, 0.1) is 6.42 Å². The molecule has 108 valence electrons. The predicted molar refractivity (Wildman–Crippen MR) is 79.8 cm³/mol. The zero-order chi connectivity index (χ0) is 14.8. The van der Waals surface area contributed by atoms with E-state index >= 15 is 0 Å². The highest BCUT2D eigenvalue weighted by Crippen LogP contribution is 2.36. The maximum Gasteiger partial charge on any atom is 0.303 e. The highest BCUT2D eigenvalue weighted by Gasteiger charge is 2.22. The van der Waals surface area contributed by atoms with Crippen molar-refractivity contribution in [2.45, 2.75) is 31.6 Å². The molecule has 0 spiro atoms. The quantitative estimate of drug-likeness (QED) is 0.907. The summed E-state index contributed by atoms with van der Waals surface area (Å²) >= 11 is 0. The van der Waals surface area contributed by atoms with Crippen molar-refractivity contribution >= 4 is 5.97 Å². The molecule has 3 heteroatoms. The Bertz CT molecular complexity index is 661. The van der Waals surface area contributed by atoms with Crippen LogP contribution in [0.1, 0.15) is 36.3 Å². The van der Waals surface area contributed by atoms with Gasteiger partial charge in [0.15, 0.2) is 0 Å². The fraction of sp³-hybridized carbons (Fsp3) is 0.278. The van der Waals surface area contributed by atoms with E-state index in [1.807, 2.05) is 6.07 Å². The summed E-state index contributed by atoms with van der Waals surface area (Å²) in [6.45, 7) is 0. The number of hydrogen-bond acceptors (Lipinski definition) is 1. The van der Waals surface area contributed by atoms with Crippen LogP contribution in [0.2, 0.25) is 0 Å². The van der Waals surface area contributed by atoms with Gasteiger partial charge in [-0.05, 0) is 59.6 Å². The van der Waals surface area contributed by atoms with E-state index in [2.05, 4.69) is 12.1 Å². The van der Waals surface area contributed by atoms with Crippen molar-refractivity contribution in [2.75, 3.05) is 0 Å². The van der Waals surface area contributed by atoms with Gasteiger partial charge in [-0.1, -0.05) is 30.3 Å². The fourth-order valence-corrected chi connectivity index (χ4v) is 3.14. The van der Waals surface area contributed by atoms with Crippen molar-refractivity contribution < 1.29 is 14.3 Å². The van der Waals surface area contributed by atoms with Crippen molar-refractivity contribution in [1.82, 2.24) is 0 Å². The monoisotopic (exact) mass is 284 g/mol. The SMILES string of the molecule is O=C(O)CC1CCCc2ccc(-c3ccc(F)cc3)cc21. The molecule has 1 aliphatic rings. The number of carbonyl (C=O) groups is 1. The largest absolute Gasteiger partial charge is 0.481 e. The van der Waals surface area contributed by atoms with E-state index in [0.717, 1.165) is 36.0 Å². The number of fused-ring (bicyclic) bond motifs is 1. The van der Waals surface area contributed by atoms with Crippen LogP contribution in [0.25, 0.3) is 11.1 Å². The summed E-state index contributed by atoms with van der Waals surface area (Å²) in [5.74, 6) is -0.910. The molecule has 0 saturated carbocycles. The number of halogens is 1. The molecule has 0 heterocycles. The molecule has 1 unspecified atom stereocenters. The molecule has 3 rings (SSSR count). The van der Waals surface area contributed by atoms with Crippen LogP contribution in [0, 0.1) is 5.82 Å². The molecule has 2 aromatic carbocycles. The molecule has 0 radical (unpaired) electrons. The number of benzene rings is 2. The first-order valence-corrected chi connectivity index (χ1v) is 7.24. The molecular weight excluding hydrogens is 267 g/mol. The van der Waals surface area contributed by atoms with Crippen molar-refractivity contribution in [3.63, 3.8) is 0 Å². The first-order valence-electron chi connectivity index (χ1n) is 7.24. The molecule has 1 atom stereocenters. The van der Waals surface area contributed by atoms with Gasteiger partial charge in [0.1, 0.15) is 5.82 Å². The Labute approximate surface area is 123 Å². The Morgan fingerprint density at radius 3 is 2.57 bits per heavy atom. The van der Waals surface area contributed by atoms with E-state index in [1.165, 1.54) is 17.7 Å². The molecule has 2 nitrogen and oxygen atoms in total. The third-order valence-electron chi connectivity index (χ3n) is 4.18. The molecule has 0 amide bonds. The van der Waals surface area contributed by atoms with E-state index in [4.69, 9.17) is 5.11 Å². The van der Waals surface area contributed by atoms with Gasteiger partial charge in [-0.25, -0.2) is 4.39 Å². The third kappa shape index (κ3) is 2.97. The summed E-state index contributed by atoms with van der Waals surface area (Å²) < 4.78 is 13.0. The number of carboxylic acids is 1. The lowest BCUT2D eigenvalue weighted by atomic mass is 9.80. The third-order valence-corrected chi connectivity index (χ3v) is 4.18. The second-order valence-corrected chi connectivity index (χ2v) is 5.61. The van der Waals surface area contributed by atoms with Gasteiger partial charge >= 0.3 is 5.97 Å². The van der Waals surface area contributed by atoms with Gasteiger partial charge < -0.3 is 5.11 Å². The van der Waals surface area contributed by atoms with E-state index in [9.17, 15) is 9.18 Å². The summed E-state index contributed by atoms with van der Waals surface area (Å²) in [5, 5.41) is 9.07. The van der Waals surface area contributed by atoms with Crippen LogP contribution in [0.4, 0.5) is 4.39 Å². The van der Waals surface area contributed by atoms with Gasteiger partial charge in [0.2, 0.25) is 0 Å². The van der Waals surface area contributed by atoms with E-state index < -0.39 is 5.97 Å².